The highest BCUT2D eigenvalue weighted by molar-refractivity contribution is 7.75. The van der Waals surface area contributed by atoms with E-state index in [-0.39, 0.29) is 17.0 Å². The van der Waals surface area contributed by atoms with E-state index in [4.69, 9.17) is 0 Å². The van der Waals surface area contributed by atoms with E-state index in [0.717, 1.165) is 17.8 Å². The number of hydrogen-bond donors (Lipinski definition) is 0. The summed E-state index contributed by atoms with van der Waals surface area (Å²) in [5.41, 5.74) is 0. The predicted octanol–water partition coefficient (Wildman–Crippen LogP) is 9.80. The van der Waals surface area contributed by atoms with Gasteiger partial charge in [-0.1, -0.05) is 126 Å². The third-order valence-corrected chi connectivity index (χ3v) is 14.2. The molecule has 0 aliphatic rings. The SMILES string of the molecule is CCCCCCCCCC[P+](CC(CC)CCCC)(CC(CC)CCCC)CC(CC)CCCC.[Br-]. The van der Waals surface area contributed by atoms with Crippen LogP contribution in [0.1, 0.15) is 177 Å². The van der Waals surface area contributed by atoms with Crippen molar-refractivity contribution in [3.63, 3.8) is 0 Å². The molecule has 3 unspecified atom stereocenters. The van der Waals surface area contributed by atoms with E-state index in [1.807, 2.05) is 0 Å². The highest BCUT2D eigenvalue weighted by Crippen LogP contribution is 2.64. The zero-order valence-corrected chi connectivity index (χ0v) is 29.0. The van der Waals surface area contributed by atoms with Crippen molar-refractivity contribution >= 4 is 7.26 Å². The number of rotatable bonds is 27. The van der Waals surface area contributed by atoms with Crippen LogP contribution in [0.25, 0.3) is 0 Å². The van der Waals surface area contributed by atoms with Crippen LogP contribution in [0.2, 0.25) is 0 Å². The van der Waals surface area contributed by atoms with Crippen LogP contribution >= 0.6 is 7.26 Å². The molecule has 0 aromatic rings. The molecule has 0 radical (unpaired) electrons. The molecule has 0 N–H and O–H groups in total. The van der Waals surface area contributed by atoms with Crippen molar-refractivity contribution in [1.82, 2.24) is 0 Å². The molecule has 0 aliphatic carbocycles. The fourth-order valence-corrected chi connectivity index (χ4v) is 13.0. The van der Waals surface area contributed by atoms with E-state index in [9.17, 15) is 0 Å². The Hall–Kier alpha value is 0.910. The van der Waals surface area contributed by atoms with Crippen LogP contribution in [-0.4, -0.2) is 24.6 Å². The summed E-state index contributed by atoms with van der Waals surface area (Å²) in [6.45, 7) is 17.0. The summed E-state index contributed by atoms with van der Waals surface area (Å²) in [7, 11) is -0.901. The van der Waals surface area contributed by atoms with Crippen molar-refractivity contribution in [3.8, 4) is 0 Å². The molecular formula is C34H72BrP. The van der Waals surface area contributed by atoms with Crippen LogP contribution in [0.5, 0.6) is 0 Å². The molecule has 3 atom stereocenters. The van der Waals surface area contributed by atoms with Gasteiger partial charge in [-0.2, -0.15) is 0 Å². The molecule has 0 aliphatic heterocycles. The molecule has 0 bridgehead atoms. The third-order valence-electron chi connectivity index (χ3n) is 9.05. The minimum Gasteiger partial charge on any atom is -1.00 e. The maximum absolute atomic E-state index is 2.51. The van der Waals surface area contributed by atoms with Gasteiger partial charge in [0, 0.05) is 7.26 Å². The largest absolute Gasteiger partial charge is 1.00 e. The van der Waals surface area contributed by atoms with Gasteiger partial charge < -0.3 is 17.0 Å². The van der Waals surface area contributed by atoms with Gasteiger partial charge in [-0.05, 0) is 69.1 Å². The summed E-state index contributed by atoms with van der Waals surface area (Å²) < 4.78 is 0. The predicted molar refractivity (Wildman–Crippen MR) is 169 cm³/mol. The number of unbranched alkanes of at least 4 members (excludes halogenated alkanes) is 10. The molecule has 0 fully saturated rings. The van der Waals surface area contributed by atoms with Gasteiger partial charge in [-0.3, -0.25) is 0 Å². The molecular weight excluding hydrogens is 519 g/mol. The molecule has 0 amide bonds. The first-order valence-corrected chi connectivity index (χ1v) is 19.4. The van der Waals surface area contributed by atoms with Gasteiger partial charge >= 0.3 is 0 Å². The van der Waals surface area contributed by atoms with Crippen molar-refractivity contribution in [2.75, 3.05) is 24.6 Å². The van der Waals surface area contributed by atoms with Crippen molar-refractivity contribution in [2.45, 2.75) is 177 Å². The summed E-state index contributed by atoms with van der Waals surface area (Å²) >= 11 is 0. The van der Waals surface area contributed by atoms with E-state index in [2.05, 4.69) is 48.5 Å². The maximum Gasteiger partial charge on any atom is 0.0622 e. The van der Waals surface area contributed by atoms with Gasteiger partial charge in [-0.25, -0.2) is 0 Å². The third kappa shape index (κ3) is 19.9. The minimum atomic E-state index is -0.901. The summed E-state index contributed by atoms with van der Waals surface area (Å²) in [6, 6.07) is 0. The quantitative estimate of drug-likeness (QED) is 0.0659. The Balaban J connectivity index is 0. The Labute approximate surface area is 242 Å². The lowest BCUT2D eigenvalue weighted by Crippen LogP contribution is -3.00. The Morgan fingerprint density at radius 2 is 0.694 bits per heavy atom. The molecule has 220 valence electrons. The molecule has 0 nitrogen and oxygen atoms in total. The molecule has 0 rings (SSSR count). The van der Waals surface area contributed by atoms with E-state index in [1.54, 1.807) is 31.1 Å². The van der Waals surface area contributed by atoms with Gasteiger partial charge in [0.2, 0.25) is 0 Å². The Bertz CT molecular complexity index is 378. The summed E-state index contributed by atoms with van der Waals surface area (Å²) in [5.74, 6) is 3.01. The smallest absolute Gasteiger partial charge is 0.0622 e. The van der Waals surface area contributed by atoms with Gasteiger partial charge in [0.1, 0.15) is 0 Å². The van der Waals surface area contributed by atoms with Crippen LogP contribution in [0.4, 0.5) is 0 Å². The zero-order valence-electron chi connectivity index (χ0n) is 26.5. The second-order valence-electron chi connectivity index (χ2n) is 12.3. The highest BCUT2D eigenvalue weighted by Gasteiger charge is 2.42. The first-order valence-electron chi connectivity index (χ1n) is 16.9. The molecule has 0 heterocycles. The first-order chi connectivity index (χ1) is 17.0. The monoisotopic (exact) mass is 590 g/mol. The fraction of sp³-hybridized carbons (Fsp3) is 1.00. The van der Waals surface area contributed by atoms with Crippen molar-refractivity contribution in [2.24, 2.45) is 17.8 Å². The molecule has 36 heavy (non-hydrogen) atoms. The van der Waals surface area contributed by atoms with E-state index >= 15 is 0 Å². The zero-order chi connectivity index (χ0) is 26.2. The second-order valence-corrected chi connectivity index (χ2v) is 16.6. The van der Waals surface area contributed by atoms with Crippen LogP contribution < -0.4 is 17.0 Å². The van der Waals surface area contributed by atoms with E-state index < -0.39 is 7.26 Å². The Kier molecular flexibility index (Phi) is 29.8. The normalized spacial score (nSPS) is 15.8. The fourth-order valence-electron chi connectivity index (χ4n) is 6.47. The lowest BCUT2D eigenvalue weighted by molar-refractivity contribution is -0.00000820. The summed E-state index contributed by atoms with van der Waals surface area (Å²) in [4.78, 5) is 0. The van der Waals surface area contributed by atoms with Crippen molar-refractivity contribution < 1.29 is 17.0 Å². The molecule has 2 heteroatoms. The van der Waals surface area contributed by atoms with Crippen LogP contribution in [-0.2, 0) is 0 Å². The summed E-state index contributed by atoms with van der Waals surface area (Å²) in [6.07, 6.45) is 35.7. The van der Waals surface area contributed by atoms with Crippen LogP contribution in [0.3, 0.4) is 0 Å². The van der Waals surface area contributed by atoms with Gasteiger partial charge in [-0.15, -0.1) is 0 Å². The molecule has 0 saturated carbocycles. The lowest BCUT2D eigenvalue weighted by Gasteiger charge is -2.36. The van der Waals surface area contributed by atoms with Gasteiger partial charge in [0.05, 0.1) is 24.6 Å². The lowest BCUT2D eigenvalue weighted by atomic mass is 10.0. The summed E-state index contributed by atoms with van der Waals surface area (Å²) in [5, 5.41) is 0. The standard InChI is InChI=1S/C34H72P.BrH/c1-8-15-19-20-21-22-23-24-28-35(29-32(12-5)25-16-9-2,30-33(13-6)26-17-10-3)31-34(14-7)27-18-11-4;/h32-34H,8-31H2,1-7H3;1H/q+1;/p-1. The Morgan fingerprint density at radius 3 is 1.00 bits per heavy atom. The maximum atomic E-state index is 2.51. The number of halogens is 1. The minimum absolute atomic E-state index is 0. The Morgan fingerprint density at radius 1 is 0.389 bits per heavy atom. The average molecular weight is 592 g/mol. The average Bonchev–Trinajstić information content (AvgIpc) is 2.88. The van der Waals surface area contributed by atoms with Crippen LogP contribution in [0, 0.1) is 17.8 Å². The van der Waals surface area contributed by atoms with E-state index in [0.29, 0.717) is 0 Å². The van der Waals surface area contributed by atoms with Gasteiger partial charge in [0.25, 0.3) is 0 Å². The topological polar surface area (TPSA) is 0 Å². The number of hydrogen-bond acceptors (Lipinski definition) is 0. The van der Waals surface area contributed by atoms with E-state index in [1.165, 1.54) is 122 Å². The van der Waals surface area contributed by atoms with Crippen molar-refractivity contribution in [3.05, 3.63) is 0 Å². The van der Waals surface area contributed by atoms with Gasteiger partial charge in [0.15, 0.2) is 0 Å². The van der Waals surface area contributed by atoms with Crippen LogP contribution in [0.15, 0.2) is 0 Å². The van der Waals surface area contributed by atoms with Crippen molar-refractivity contribution in [1.29, 1.82) is 0 Å². The molecule has 0 saturated heterocycles. The molecule has 0 aromatic carbocycles. The molecule has 0 spiro atoms. The highest BCUT2D eigenvalue weighted by atomic mass is 79.9. The first kappa shape index (κ1) is 39.1. The molecule has 0 aromatic heterocycles. The second kappa shape index (κ2) is 27.5.